The molecule has 2 unspecified atom stereocenters. The number of hydrogen-bond acceptors (Lipinski definition) is 2. The summed E-state index contributed by atoms with van der Waals surface area (Å²) in [5, 5.41) is 3.61. The van der Waals surface area contributed by atoms with E-state index in [4.69, 9.17) is 0 Å². The second-order valence-corrected chi connectivity index (χ2v) is 6.39. The third kappa shape index (κ3) is 4.84. The Morgan fingerprint density at radius 2 is 2.06 bits per heavy atom. The monoisotopic (exact) mass is 226 g/mol. The van der Waals surface area contributed by atoms with Gasteiger partial charge in [-0.1, -0.05) is 13.3 Å². The van der Waals surface area contributed by atoms with E-state index >= 15 is 0 Å². The molecule has 1 rings (SSSR count). The largest absolute Gasteiger partial charge is 0.311 e. The van der Waals surface area contributed by atoms with Crippen molar-refractivity contribution in [3.05, 3.63) is 0 Å². The maximum Gasteiger partial charge on any atom is 0.0192 e. The Morgan fingerprint density at radius 1 is 1.38 bits per heavy atom. The Kier molecular flexibility index (Phi) is 5.26. The molecule has 1 aliphatic heterocycles. The summed E-state index contributed by atoms with van der Waals surface area (Å²) in [4.78, 5) is 2.66. The maximum absolute atomic E-state index is 3.61. The molecule has 2 heteroatoms. The van der Waals surface area contributed by atoms with Crippen molar-refractivity contribution in [2.45, 2.75) is 65.5 Å². The summed E-state index contributed by atoms with van der Waals surface area (Å²) >= 11 is 0. The fraction of sp³-hybridized carbons (Fsp3) is 1.00. The minimum Gasteiger partial charge on any atom is -0.311 e. The van der Waals surface area contributed by atoms with E-state index in [0.717, 1.165) is 12.5 Å². The highest BCUT2D eigenvalue weighted by molar-refractivity contribution is 4.80. The Bertz CT molecular complexity index is 195. The van der Waals surface area contributed by atoms with Gasteiger partial charge in [0, 0.05) is 24.7 Å². The number of rotatable bonds is 4. The molecule has 0 radical (unpaired) electrons. The molecule has 96 valence electrons. The van der Waals surface area contributed by atoms with Gasteiger partial charge in [0.05, 0.1) is 0 Å². The highest BCUT2D eigenvalue weighted by Crippen LogP contribution is 2.20. The molecular formula is C14H30N2. The zero-order valence-electron chi connectivity index (χ0n) is 11.8. The van der Waals surface area contributed by atoms with E-state index in [9.17, 15) is 0 Å². The van der Waals surface area contributed by atoms with Crippen molar-refractivity contribution in [1.82, 2.24) is 10.2 Å². The lowest BCUT2D eigenvalue weighted by atomic mass is 9.94. The molecular weight excluding hydrogens is 196 g/mol. The fourth-order valence-corrected chi connectivity index (χ4v) is 2.41. The molecule has 1 saturated heterocycles. The molecule has 0 aromatic heterocycles. The molecule has 1 heterocycles. The normalized spacial score (nSPS) is 25.7. The van der Waals surface area contributed by atoms with E-state index < -0.39 is 0 Å². The second-order valence-electron chi connectivity index (χ2n) is 6.39. The average Bonchev–Trinajstić information content (AvgIpc) is 2.25. The van der Waals surface area contributed by atoms with Gasteiger partial charge in [-0.15, -0.1) is 0 Å². The standard InChI is InChI=1S/C14H30N2/c1-6-13-8-7-9-16(11-13)12(2)10-15-14(3,4)5/h12-13,15H,6-11H2,1-5H3. The lowest BCUT2D eigenvalue weighted by Gasteiger charge is -2.37. The van der Waals surface area contributed by atoms with Crippen LogP contribution >= 0.6 is 0 Å². The zero-order chi connectivity index (χ0) is 12.2. The molecule has 0 saturated carbocycles. The van der Waals surface area contributed by atoms with Crippen LogP contribution in [0.3, 0.4) is 0 Å². The summed E-state index contributed by atoms with van der Waals surface area (Å²) in [6.07, 6.45) is 4.17. The van der Waals surface area contributed by atoms with E-state index in [-0.39, 0.29) is 5.54 Å². The number of piperidine rings is 1. The van der Waals surface area contributed by atoms with Crippen LogP contribution in [0.5, 0.6) is 0 Å². The second kappa shape index (κ2) is 6.02. The highest BCUT2D eigenvalue weighted by atomic mass is 15.2. The lowest BCUT2D eigenvalue weighted by Crippen LogP contribution is -2.49. The van der Waals surface area contributed by atoms with Crippen LogP contribution in [0.4, 0.5) is 0 Å². The smallest absolute Gasteiger partial charge is 0.0192 e. The maximum atomic E-state index is 3.61. The number of nitrogens with zero attached hydrogens (tertiary/aromatic N) is 1. The summed E-state index contributed by atoms with van der Waals surface area (Å²) in [5.74, 6) is 0.936. The molecule has 16 heavy (non-hydrogen) atoms. The van der Waals surface area contributed by atoms with Crippen molar-refractivity contribution in [1.29, 1.82) is 0 Å². The first-order valence-electron chi connectivity index (χ1n) is 6.91. The van der Waals surface area contributed by atoms with Gasteiger partial charge in [-0.25, -0.2) is 0 Å². The molecule has 1 aliphatic rings. The molecule has 1 fully saturated rings. The first-order chi connectivity index (χ1) is 7.42. The molecule has 2 atom stereocenters. The van der Waals surface area contributed by atoms with E-state index in [0.29, 0.717) is 6.04 Å². The van der Waals surface area contributed by atoms with E-state index in [2.05, 4.69) is 44.8 Å². The van der Waals surface area contributed by atoms with Crippen molar-refractivity contribution < 1.29 is 0 Å². The molecule has 0 aliphatic carbocycles. The third-order valence-electron chi connectivity index (χ3n) is 3.68. The topological polar surface area (TPSA) is 15.3 Å². The third-order valence-corrected chi connectivity index (χ3v) is 3.68. The Hall–Kier alpha value is -0.0800. The molecule has 0 bridgehead atoms. The van der Waals surface area contributed by atoms with Gasteiger partial charge in [0.15, 0.2) is 0 Å². The first kappa shape index (κ1) is 14.0. The van der Waals surface area contributed by atoms with Crippen LogP contribution in [0.15, 0.2) is 0 Å². The summed E-state index contributed by atoms with van der Waals surface area (Å²) in [6, 6.07) is 0.675. The quantitative estimate of drug-likeness (QED) is 0.793. The van der Waals surface area contributed by atoms with Crippen molar-refractivity contribution >= 4 is 0 Å². The predicted octanol–water partition coefficient (Wildman–Crippen LogP) is 2.89. The van der Waals surface area contributed by atoms with Crippen LogP contribution in [-0.4, -0.2) is 36.1 Å². The summed E-state index contributed by atoms with van der Waals surface area (Å²) in [5.41, 5.74) is 0.244. The van der Waals surface area contributed by atoms with Crippen LogP contribution in [-0.2, 0) is 0 Å². The Morgan fingerprint density at radius 3 is 2.62 bits per heavy atom. The molecule has 0 aromatic rings. The SMILES string of the molecule is CCC1CCCN(C(C)CNC(C)(C)C)C1. The Balaban J connectivity index is 2.32. The van der Waals surface area contributed by atoms with Gasteiger partial charge in [0.25, 0.3) is 0 Å². The number of hydrogen-bond donors (Lipinski definition) is 1. The van der Waals surface area contributed by atoms with Crippen LogP contribution < -0.4 is 5.32 Å². The van der Waals surface area contributed by atoms with Gasteiger partial charge in [-0.2, -0.15) is 0 Å². The van der Waals surface area contributed by atoms with E-state index in [1.54, 1.807) is 0 Å². The van der Waals surface area contributed by atoms with Gasteiger partial charge in [-0.3, -0.25) is 4.90 Å². The molecule has 0 spiro atoms. The van der Waals surface area contributed by atoms with Gasteiger partial charge in [-0.05, 0) is 53.0 Å². The van der Waals surface area contributed by atoms with Crippen molar-refractivity contribution in [2.24, 2.45) is 5.92 Å². The van der Waals surface area contributed by atoms with E-state index in [1.807, 2.05) is 0 Å². The van der Waals surface area contributed by atoms with Crippen LogP contribution in [0.25, 0.3) is 0 Å². The molecule has 0 aromatic carbocycles. The average molecular weight is 226 g/mol. The number of nitrogens with one attached hydrogen (secondary N) is 1. The molecule has 0 amide bonds. The van der Waals surface area contributed by atoms with Crippen molar-refractivity contribution in [3.8, 4) is 0 Å². The van der Waals surface area contributed by atoms with Gasteiger partial charge < -0.3 is 5.32 Å². The van der Waals surface area contributed by atoms with Crippen LogP contribution in [0, 0.1) is 5.92 Å². The molecule has 1 N–H and O–H groups in total. The zero-order valence-corrected chi connectivity index (χ0v) is 11.8. The highest BCUT2D eigenvalue weighted by Gasteiger charge is 2.23. The van der Waals surface area contributed by atoms with Gasteiger partial charge in [0.2, 0.25) is 0 Å². The summed E-state index contributed by atoms with van der Waals surface area (Å²) < 4.78 is 0. The van der Waals surface area contributed by atoms with E-state index in [1.165, 1.54) is 32.4 Å². The lowest BCUT2D eigenvalue weighted by molar-refractivity contribution is 0.123. The summed E-state index contributed by atoms with van der Waals surface area (Å²) in [6.45, 7) is 15.1. The number of likely N-dealkylation sites (tertiary alicyclic amines) is 1. The minimum atomic E-state index is 0.244. The first-order valence-corrected chi connectivity index (χ1v) is 6.91. The van der Waals surface area contributed by atoms with Crippen LogP contribution in [0.2, 0.25) is 0 Å². The minimum absolute atomic E-state index is 0.244. The predicted molar refractivity (Wildman–Crippen MR) is 71.8 cm³/mol. The summed E-state index contributed by atoms with van der Waals surface area (Å²) in [7, 11) is 0. The Labute approximate surface area is 102 Å². The van der Waals surface area contributed by atoms with Gasteiger partial charge >= 0.3 is 0 Å². The van der Waals surface area contributed by atoms with Crippen molar-refractivity contribution in [2.75, 3.05) is 19.6 Å². The van der Waals surface area contributed by atoms with Crippen LogP contribution in [0.1, 0.15) is 53.9 Å². The van der Waals surface area contributed by atoms with Gasteiger partial charge in [0.1, 0.15) is 0 Å². The fourth-order valence-electron chi connectivity index (χ4n) is 2.41. The van der Waals surface area contributed by atoms with Crippen molar-refractivity contribution in [3.63, 3.8) is 0 Å². The molecule has 2 nitrogen and oxygen atoms in total.